The van der Waals surface area contributed by atoms with E-state index in [-0.39, 0.29) is 6.54 Å². The molecule has 2 rings (SSSR count). The first-order valence-corrected chi connectivity index (χ1v) is 6.69. The van der Waals surface area contributed by atoms with E-state index in [1.165, 1.54) is 0 Å². The van der Waals surface area contributed by atoms with Crippen molar-refractivity contribution in [3.63, 3.8) is 0 Å². The molecule has 1 atom stereocenters. The lowest BCUT2D eigenvalue weighted by atomic mass is 10.2. The largest absolute Gasteiger partial charge is 0.480 e. The van der Waals surface area contributed by atoms with Crippen molar-refractivity contribution in [2.75, 3.05) is 18.4 Å². The van der Waals surface area contributed by atoms with E-state index in [1.54, 1.807) is 29.2 Å². The summed E-state index contributed by atoms with van der Waals surface area (Å²) in [4.78, 5) is 36.0. The van der Waals surface area contributed by atoms with Crippen LogP contribution in [0.5, 0.6) is 0 Å². The summed E-state index contributed by atoms with van der Waals surface area (Å²) in [5.74, 6) is -1.45. The van der Waals surface area contributed by atoms with Gasteiger partial charge in [-0.05, 0) is 31.5 Å². The molecule has 3 amide bonds. The molecule has 0 bridgehead atoms. The van der Waals surface area contributed by atoms with Crippen LogP contribution in [-0.4, -0.2) is 47.0 Å². The highest BCUT2D eigenvalue weighted by Gasteiger charge is 2.31. The second-order valence-electron chi connectivity index (χ2n) is 4.84. The number of aliphatic carboxylic acids is 1. The smallest absolute Gasteiger partial charge is 0.325 e. The van der Waals surface area contributed by atoms with Crippen LogP contribution >= 0.6 is 0 Å². The van der Waals surface area contributed by atoms with E-state index in [0.29, 0.717) is 18.7 Å². The highest BCUT2D eigenvalue weighted by atomic mass is 16.4. The molecule has 3 N–H and O–H groups in total. The molecule has 0 saturated carbocycles. The van der Waals surface area contributed by atoms with Gasteiger partial charge in [-0.2, -0.15) is 0 Å². The number of benzene rings is 1. The van der Waals surface area contributed by atoms with Gasteiger partial charge in [0.05, 0.1) is 6.54 Å². The summed E-state index contributed by atoms with van der Waals surface area (Å²) in [5.41, 5.74) is 0.576. The first kappa shape index (κ1) is 15.0. The van der Waals surface area contributed by atoms with E-state index in [2.05, 4.69) is 10.6 Å². The van der Waals surface area contributed by atoms with E-state index < -0.39 is 23.9 Å². The Morgan fingerprint density at radius 2 is 1.95 bits per heavy atom. The van der Waals surface area contributed by atoms with Crippen molar-refractivity contribution in [2.45, 2.75) is 18.9 Å². The number of hydrogen-bond donors (Lipinski definition) is 3. The standard InChI is InChI=1S/C14H17N3O4/c18-12(9-17-8-4-7-11(17)13(19)20)16-14(21)15-10-5-2-1-3-6-10/h1-3,5-6,11H,4,7-9H2,(H,19,20)(H2,15,16,18,21)/t11-/m0/s1. The van der Waals surface area contributed by atoms with Gasteiger partial charge in [0.2, 0.25) is 5.91 Å². The number of carboxylic acids is 1. The number of likely N-dealkylation sites (tertiary alicyclic amines) is 1. The zero-order valence-corrected chi connectivity index (χ0v) is 11.4. The summed E-state index contributed by atoms with van der Waals surface area (Å²) >= 11 is 0. The fourth-order valence-corrected chi connectivity index (χ4v) is 2.33. The van der Waals surface area contributed by atoms with Gasteiger partial charge in [-0.1, -0.05) is 18.2 Å². The number of hydrogen-bond acceptors (Lipinski definition) is 4. The van der Waals surface area contributed by atoms with Gasteiger partial charge in [0.15, 0.2) is 0 Å². The number of amides is 3. The quantitative estimate of drug-likeness (QED) is 0.765. The second-order valence-corrected chi connectivity index (χ2v) is 4.84. The van der Waals surface area contributed by atoms with Crippen LogP contribution in [0, 0.1) is 0 Å². The summed E-state index contributed by atoms with van der Waals surface area (Å²) < 4.78 is 0. The third-order valence-electron chi connectivity index (χ3n) is 3.28. The molecule has 0 unspecified atom stereocenters. The average molecular weight is 291 g/mol. The van der Waals surface area contributed by atoms with Gasteiger partial charge in [-0.3, -0.25) is 19.8 Å². The molecular formula is C14H17N3O4. The van der Waals surface area contributed by atoms with E-state index in [1.807, 2.05) is 6.07 Å². The van der Waals surface area contributed by atoms with Gasteiger partial charge < -0.3 is 10.4 Å². The average Bonchev–Trinajstić information content (AvgIpc) is 2.87. The number of nitrogens with zero attached hydrogens (tertiary/aromatic N) is 1. The van der Waals surface area contributed by atoms with Gasteiger partial charge in [-0.15, -0.1) is 0 Å². The summed E-state index contributed by atoms with van der Waals surface area (Å²) in [6.07, 6.45) is 1.26. The van der Waals surface area contributed by atoms with Crippen LogP contribution in [0.1, 0.15) is 12.8 Å². The summed E-state index contributed by atoms with van der Waals surface area (Å²) in [7, 11) is 0. The summed E-state index contributed by atoms with van der Waals surface area (Å²) in [6, 6.07) is 7.47. The number of anilines is 1. The SMILES string of the molecule is O=C(CN1CCC[C@H]1C(=O)O)NC(=O)Nc1ccccc1. The van der Waals surface area contributed by atoms with E-state index in [0.717, 1.165) is 6.42 Å². The van der Waals surface area contributed by atoms with Gasteiger partial charge in [0.25, 0.3) is 0 Å². The Balaban J connectivity index is 1.81. The van der Waals surface area contributed by atoms with Crippen molar-refractivity contribution in [3.05, 3.63) is 30.3 Å². The zero-order valence-electron chi connectivity index (χ0n) is 11.4. The highest BCUT2D eigenvalue weighted by Crippen LogP contribution is 2.16. The van der Waals surface area contributed by atoms with Crippen LogP contribution < -0.4 is 10.6 Å². The molecule has 1 saturated heterocycles. The predicted molar refractivity (Wildman–Crippen MR) is 75.8 cm³/mol. The van der Waals surface area contributed by atoms with Crippen LogP contribution in [0.2, 0.25) is 0 Å². The maximum atomic E-state index is 11.8. The van der Waals surface area contributed by atoms with Crippen molar-refractivity contribution in [2.24, 2.45) is 0 Å². The Morgan fingerprint density at radius 3 is 2.62 bits per heavy atom. The van der Waals surface area contributed by atoms with Crippen molar-refractivity contribution < 1.29 is 19.5 Å². The number of carbonyl (C=O) groups excluding carboxylic acids is 2. The molecule has 1 aliphatic heterocycles. The molecule has 7 nitrogen and oxygen atoms in total. The normalized spacial score (nSPS) is 18.2. The second kappa shape index (κ2) is 6.85. The molecule has 1 aliphatic rings. The van der Waals surface area contributed by atoms with Gasteiger partial charge in [0, 0.05) is 5.69 Å². The zero-order chi connectivity index (χ0) is 15.2. The molecular weight excluding hydrogens is 274 g/mol. The van der Waals surface area contributed by atoms with Crippen LogP contribution in [0.15, 0.2) is 30.3 Å². The Hall–Kier alpha value is -2.41. The third-order valence-corrected chi connectivity index (χ3v) is 3.28. The lowest BCUT2D eigenvalue weighted by Crippen LogP contribution is -2.45. The van der Waals surface area contributed by atoms with Crippen LogP contribution in [0.4, 0.5) is 10.5 Å². The lowest BCUT2D eigenvalue weighted by Gasteiger charge is -2.19. The van der Waals surface area contributed by atoms with Crippen LogP contribution in [0.3, 0.4) is 0 Å². The maximum absolute atomic E-state index is 11.8. The molecule has 21 heavy (non-hydrogen) atoms. The van der Waals surface area contributed by atoms with Gasteiger partial charge >= 0.3 is 12.0 Å². The molecule has 1 heterocycles. The van der Waals surface area contributed by atoms with E-state index >= 15 is 0 Å². The van der Waals surface area contributed by atoms with E-state index in [4.69, 9.17) is 5.11 Å². The number of imide groups is 1. The number of rotatable bonds is 4. The molecule has 1 fully saturated rings. The molecule has 1 aromatic rings. The molecule has 1 aromatic carbocycles. The highest BCUT2D eigenvalue weighted by molar-refractivity contribution is 6.01. The molecule has 0 spiro atoms. The summed E-state index contributed by atoms with van der Waals surface area (Å²) in [6.45, 7) is 0.448. The van der Waals surface area contributed by atoms with Crippen molar-refractivity contribution in [1.29, 1.82) is 0 Å². The minimum absolute atomic E-state index is 0.0980. The minimum Gasteiger partial charge on any atom is -0.480 e. The van der Waals surface area contributed by atoms with Crippen LogP contribution in [-0.2, 0) is 9.59 Å². The number of para-hydroxylation sites is 1. The Kier molecular flexibility index (Phi) is 4.89. The first-order chi connectivity index (χ1) is 10.1. The molecule has 112 valence electrons. The summed E-state index contributed by atoms with van der Waals surface area (Å²) in [5, 5.41) is 13.7. The number of urea groups is 1. The molecule has 0 aliphatic carbocycles. The number of carbonyl (C=O) groups is 3. The molecule has 0 radical (unpaired) electrons. The van der Waals surface area contributed by atoms with E-state index in [9.17, 15) is 14.4 Å². The van der Waals surface area contributed by atoms with Gasteiger partial charge in [0.1, 0.15) is 6.04 Å². The van der Waals surface area contributed by atoms with Crippen molar-refractivity contribution in [1.82, 2.24) is 10.2 Å². The minimum atomic E-state index is -0.936. The lowest BCUT2D eigenvalue weighted by molar-refractivity contribution is -0.142. The number of nitrogens with one attached hydrogen (secondary N) is 2. The Labute approximate surface area is 121 Å². The monoisotopic (exact) mass is 291 g/mol. The first-order valence-electron chi connectivity index (χ1n) is 6.69. The fraction of sp³-hybridized carbons (Fsp3) is 0.357. The van der Waals surface area contributed by atoms with Gasteiger partial charge in [-0.25, -0.2) is 4.79 Å². The van der Waals surface area contributed by atoms with Crippen LogP contribution in [0.25, 0.3) is 0 Å². The maximum Gasteiger partial charge on any atom is 0.325 e. The number of carboxylic acid groups (broad SMARTS) is 1. The molecule has 7 heteroatoms. The Morgan fingerprint density at radius 1 is 1.24 bits per heavy atom. The third kappa shape index (κ3) is 4.28. The fourth-order valence-electron chi connectivity index (χ4n) is 2.33. The Bertz CT molecular complexity index is 532. The van der Waals surface area contributed by atoms with Crippen molar-refractivity contribution >= 4 is 23.6 Å². The topological polar surface area (TPSA) is 98.7 Å². The predicted octanol–water partition coefficient (Wildman–Crippen LogP) is 0.884. The van der Waals surface area contributed by atoms with Crippen molar-refractivity contribution in [3.8, 4) is 0 Å². The molecule has 0 aromatic heterocycles.